The van der Waals surface area contributed by atoms with Crippen LogP contribution in [-0.4, -0.2) is 92.5 Å². The Hall–Kier alpha value is -2.54. The van der Waals surface area contributed by atoms with E-state index in [9.17, 15) is 15.0 Å². The number of carbonyl (C=O) groups excluding carboxylic acids is 1. The lowest BCUT2D eigenvalue weighted by Gasteiger charge is -2.31. The second kappa shape index (κ2) is 9.37. The standard InChI is InChI=1S/C21H30N6O6/c22-18-16-19(27(11-23-16)20-17(29)14(28)10-32-20)25-15(24-18)7-12-1-4-26(5-2-12)21(30)33-9-13-3-6-31-8-13/h11-14,17,20,28-29H,1-10H2,(H2,22,24,25)/t13?,14?,17?,20-/m1/s1. The molecule has 3 saturated heterocycles. The quantitative estimate of drug-likeness (QED) is 0.556. The van der Waals surface area contributed by atoms with Gasteiger partial charge >= 0.3 is 6.09 Å². The Bertz CT molecular complexity index is 987. The van der Waals surface area contributed by atoms with Gasteiger partial charge in [0.1, 0.15) is 23.5 Å². The highest BCUT2D eigenvalue weighted by Crippen LogP contribution is 2.29. The molecule has 5 heterocycles. The van der Waals surface area contributed by atoms with Crippen molar-refractivity contribution >= 4 is 23.1 Å². The molecule has 2 aromatic rings. The van der Waals surface area contributed by atoms with Crippen LogP contribution in [0.15, 0.2) is 6.33 Å². The number of nitrogen functional groups attached to an aromatic ring is 1. The summed E-state index contributed by atoms with van der Waals surface area (Å²) >= 11 is 0. The van der Waals surface area contributed by atoms with Crippen LogP contribution in [-0.2, 0) is 20.6 Å². The van der Waals surface area contributed by atoms with Gasteiger partial charge in [-0.05, 0) is 25.2 Å². The number of rotatable bonds is 5. The molecule has 12 nitrogen and oxygen atoms in total. The van der Waals surface area contributed by atoms with Gasteiger partial charge in [0.05, 0.1) is 26.1 Å². The van der Waals surface area contributed by atoms with Crippen molar-refractivity contribution in [2.24, 2.45) is 11.8 Å². The number of carbonyl (C=O) groups is 1. The summed E-state index contributed by atoms with van der Waals surface area (Å²) in [5, 5.41) is 20.0. The van der Waals surface area contributed by atoms with E-state index in [4.69, 9.17) is 19.9 Å². The normalized spacial score (nSPS) is 28.6. The molecule has 33 heavy (non-hydrogen) atoms. The molecule has 0 aromatic carbocycles. The van der Waals surface area contributed by atoms with Crippen molar-refractivity contribution in [1.82, 2.24) is 24.4 Å². The van der Waals surface area contributed by atoms with Crippen molar-refractivity contribution in [2.45, 2.75) is 44.1 Å². The Kier molecular flexibility index (Phi) is 6.32. The molecule has 5 rings (SSSR count). The highest BCUT2D eigenvalue weighted by Gasteiger charge is 2.37. The predicted octanol–water partition coefficient (Wildman–Crippen LogP) is 0.0867. The first-order valence-corrected chi connectivity index (χ1v) is 11.5. The van der Waals surface area contributed by atoms with Crippen LogP contribution in [0.25, 0.3) is 11.2 Å². The Morgan fingerprint density at radius 1 is 1.18 bits per heavy atom. The van der Waals surface area contributed by atoms with Crippen LogP contribution >= 0.6 is 0 Å². The van der Waals surface area contributed by atoms with Crippen LogP contribution in [0.2, 0.25) is 0 Å². The minimum atomic E-state index is -1.08. The lowest BCUT2D eigenvalue weighted by Crippen LogP contribution is -2.40. The summed E-state index contributed by atoms with van der Waals surface area (Å²) in [5.41, 5.74) is 7.02. The Morgan fingerprint density at radius 2 is 2.00 bits per heavy atom. The molecule has 0 saturated carbocycles. The van der Waals surface area contributed by atoms with E-state index < -0.39 is 18.4 Å². The van der Waals surface area contributed by atoms with Gasteiger partial charge in [0.25, 0.3) is 0 Å². The minimum Gasteiger partial charge on any atom is -0.449 e. The maximum absolute atomic E-state index is 12.4. The summed E-state index contributed by atoms with van der Waals surface area (Å²) in [6.07, 6.45) is 1.60. The van der Waals surface area contributed by atoms with E-state index in [1.165, 1.54) is 6.33 Å². The highest BCUT2D eigenvalue weighted by molar-refractivity contribution is 5.81. The third kappa shape index (κ3) is 4.60. The summed E-state index contributed by atoms with van der Waals surface area (Å²) < 4.78 is 17.9. The number of hydrogen-bond donors (Lipinski definition) is 3. The number of likely N-dealkylation sites (tertiary alicyclic amines) is 1. The van der Waals surface area contributed by atoms with Crippen LogP contribution in [0.3, 0.4) is 0 Å². The van der Waals surface area contributed by atoms with Crippen LogP contribution < -0.4 is 5.73 Å². The van der Waals surface area contributed by atoms with Crippen molar-refractivity contribution in [3.05, 3.63) is 12.2 Å². The van der Waals surface area contributed by atoms with E-state index in [1.807, 2.05) is 0 Å². The summed E-state index contributed by atoms with van der Waals surface area (Å²) in [5.74, 6) is 1.45. The first-order chi connectivity index (χ1) is 16.0. The molecule has 3 unspecified atom stereocenters. The molecule has 3 aliphatic heterocycles. The number of fused-ring (bicyclic) bond motifs is 1. The Labute approximate surface area is 190 Å². The van der Waals surface area contributed by atoms with Gasteiger partial charge in [0.15, 0.2) is 17.7 Å². The SMILES string of the molecule is Nc1nc(CC2CCN(C(=O)OCC3CCOC3)CC2)nc2c1ncn2[C@@H]1OCC(O)C1O. The van der Waals surface area contributed by atoms with E-state index >= 15 is 0 Å². The molecule has 1 amide bonds. The van der Waals surface area contributed by atoms with E-state index in [-0.39, 0.29) is 18.5 Å². The van der Waals surface area contributed by atoms with Gasteiger partial charge in [0, 0.05) is 32.0 Å². The molecule has 0 aliphatic carbocycles. The average Bonchev–Trinajstić information content (AvgIpc) is 3.54. The van der Waals surface area contributed by atoms with E-state index in [0.29, 0.717) is 61.5 Å². The molecule has 180 valence electrons. The zero-order valence-corrected chi connectivity index (χ0v) is 18.4. The second-order valence-corrected chi connectivity index (χ2v) is 9.07. The summed E-state index contributed by atoms with van der Waals surface area (Å²) in [4.78, 5) is 27.4. The number of aliphatic hydroxyl groups is 2. The summed E-state index contributed by atoms with van der Waals surface area (Å²) in [6.45, 7) is 3.10. The maximum Gasteiger partial charge on any atom is 0.409 e. The topological polar surface area (TPSA) is 158 Å². The summed E-state index contributed by atoms with van der Waals surface area (Å²) in [6, 6.07) is 0. The Morgan fingerprint density at radius 3 is 2.70 bits per heavy atom. The number of aliphatic hydroxyl groups excluding tert-OH is 2. The predicted molar refractivity (Wildman–Crippen MR) is 115 cm³/mol. The number of piperidine rings is 1. The third-order valence-corrected chi connectivity index (χ3v) is 6.70. The minimum absolute atomic E-state index is 0.0361. The molecule has 3 fully saturated rings. The first kappa shape index (κ1) is 22.3. The largest absolute Gasteiger partial charge is 0.449 e. The van der Waals surface area contributed by atoms with Gasteiger partial charge in [-0.15, -0.1) is 0 Å². The molecule has 0 spiro atoms. The molecule has 4 atom stereocenters. The lowest BCUT2D eigenvalue weighted by molar-refractivity contribution is -0.0163. The number of ether oxygens (including phenoxy) is 3. The molecular formula is C21H30N6O6. The molecule has 4 N–H and O–H groups in total. The zero-order chi connectivity index (χ0) is 22.9. The number of aromatic nitrogens is 4. The van der Waals surface area contributed by atoms with Gasteiger partial charge in [0.2, 0.25) is 0 Å². The number of nitrogens with two attached hydrogens (primary N) is 1. The van der Waals surface area contributed by atoms with Crippen molar-refractivity contribution in [1.29, 1.82) is 0 Å². The number of amides is 1. The Balaban J connectivity index is 1.20. The fraction of sp³-hybridized carbons (Fsp3) is 0.714. The van der Waals surface area contributed by atoms with Crippen LogP contribution in [0, 0.1) is 11.8 Å². The smallest absolute Gasteiger partial charge is 0.409 e. The van der Waals surface area contributed by atoms with Crippen LogP contribution in [0.5, 0.6) is 0 Å². The number of anilines is 1. The van der Waals surface area contributed by atoms with E-state index in [0.717, 1.165) is 25.9 Å². The van der Waals surface area contributed by atoms with Crippen molar-refractivity contribution in [2.75, 3.05) is 45.3 Å². The van der Waals surface area contributed by atoms with Crippen molar-refractivity contribution in [3.8, 4) is 0 Å². The molecular weight excluding hydrogens is 432 g/mol. The van der Waals surface area contributed by atoms with Gasteiger partial charge in [-0.25, -0.2) is 19.7 Å². The fourth-order valence-corrected chi connectivity index (χ4v) is 4.67. The molecule has 3 aliphatic rings. The monoisotopic (exact) mass is 462 g/mol. The highest BCUT2D eigenvalue weighted by atomic mass is 16.6. The third-order valence-electron chi connectivity index (χ3n) is 6.70. The van der Waals surface area contributed by atoms with Crippen molar-refractivity contribution < 1.29 is 29.2 Å². The number of imidazole rings is 1. The number of nitrogens with zero attached hydrogens (tertiary/aromatic N) is 5. The van der Waals surface area contributed by atoms with Crippen LogP contribution in [0.1, 0.15) is 31.3 Å². The van der Waals surface area contributed by atoms with Gasteiger partial charge < -0.3 is 35.1 Å². The lowest BCUT2D eigenvalue weighted by atomic mass is 9.93. The molecule has 0 bridgehead atoms. The van der Waals surface area contributed by atoms with E-state index in [1.54, 1.807) is 9.47 Å². The van der Waals surface area contributed by atoms with Gasteiger partial charge in [-0.1, -0.05) is 0 Å². The second-order valence-electron chi connectivity index (χ2n) is 9.07. The zero-order valence-electron chi connectivity index (χ0n) is 18.4. The van der Waals surface area contributed by atoms with Gasteiger partial charge in [-0.3, -0.25) is 4.57 Å². The maximum atomic E-state index is 12.4. The first-order valence-electron chi connectivity index (χ1n) is 11.5. The fourth-order valence-electron chi connectivity index (χ4n) is 4.67. The molecule has 0 radical (unpaired) electrons. The van der Waals surface area contributed by atoms with E-state index in [2.05, 4.69) is 15.0 Å². The van der Waals surface area contributed by atoms with Crippen molar-refractivity contribution in [3.63, 3.8) is 0 Å². The molecule has 2 aromatic heterocycles. The number of hydrogen-bond acceptors (Lipinski definition) is 10. The summed E-state index contributed by atoms with van der Waals surface area (Å²) in [7, 11) is 0. The van der Waals surface area contributed by atoms with Gasteiger partial charge in [-0.2, -0.15) is 0 Å². The van der Waals surface area contributed by atoms with Crippen LogP contribution in [0.4, 0.5) is 10.6 Å². The average molecular weight is 463 g/mol. The molecule has 12 heteroatoms.